The Balaban J connectivity index is 2.70. The molecule has 1 atom stereocenters. The summed E-state index contributed by atoms with van der Waals surface area (Å²) >= 11 is 0. The van der Waals surface area contributed by atoms with Crippen molar-refractivity contribution >= 4 is 36.7 Å². The van der Waals surface area contributed by atoms with E-state index in [4.69, 9.17) is 5.73 Å². The van der Waals surface area contributed by atoms with E-state index >= 15 is 0 Å². The summed E-state index contributed by atoms with van der Waals surface area (Å²) in [6.45, 7) is 1.70. The molecule has 0 aliphatic carbocycles. The van der Waals surface area contributed by atoms with E-state index in [0.717, 1.165) is 12.5 Å². The lowest BCUT2D eigenvalue weighted by Crippen LogP contribution is -2.18. The van der Waals surface area contributed by atoms with E-state index in [2.05, 4.69) is 4.98 Å². The van der Waals surface area contributed by atoms with E-state index in [-0.39, 0.29) is 22.1 Å². The van der Waals surface area contributed by atoms with Crippen LogP contribution in [0.5, 0.6) is 0 Å². The smallest absolute Gasteiger partial charge is 0.201 e. The molecule has 1 heterocycles. The van der Waals surface area contributed by atoms with Crippen LogP contribution in [0.3, 0.4) is 0 Å². The second-order valence-corrected chi connectivity index (χ2v) is 9.35. The minimum absolute atomic E-state index is 0.0806. The van der Waals surface area contributed by atoms with Crippen molar-refractivity contribution in [3.8, 4) is 0 Å². The molecular weight excluding hydrogens is 314 g/mol. The molecule has 0 fully saturated rings. The lowest BCUT2D eigenvalue weighted by Gasteiger charge is -2.15. The summed E-state index contributed by atoms with van der Waals surface area (Å²) in [6.07, 6.45) is 2.23. The first-order valence-electron chi connectivity index (χ1n) is 6.15. The van der Waals surface area contributed by atoms with Gasteiger partial charge in [-0.3, -0.25) is 0 Å². The summed E-state index contributed by atoms with van der Waals surface area (Å²) < 4.78 is 48.0. The standard InChI is InChI=1S/C12H17N3O4S2/c1-8(7-20(2,16)17)15-9-5-4-6-10(21(3,18)19)11(9)14-12(15)13/h4-6,8H,7H2,1-3H3,(H2,13,14). The molecule has 1 unspecified atom stereocenters. The second-order valence-electron chi connectivity index (χ2n) is 5.18. The molecule has 9 heteroatoms. The van der Waals surface area contributed by atoms with Crippen molar-refractivity contribution in [3.05, 3.63) is 18.2 Å². The van der Waals surface area contributed by atoms with Crippen LogP contribution in [0.15, 0.2) is 23.1 Å². The number of nitrogen functional groups attached to an aromatic ring is 1. The number of hydrogen-bond acceptors (Lipinski definition) is 6. The van der Waals surface area contributed by atoms with Gasteiger partial charge in [0.1, 0.15) is 15.4 Å². The van der Waals surface area contributed by atoms with Gasteiger partial charge in [0.25, 0.3) is 0 Å². The van der Waals surface area contributed by atoms with Crippen LogP contribution in [0.2, 0.25) is 0 Å². The number of benzene rings is 1. The van der Waals surface area contributed by atoms with Gasteiger partial charge in [0.2, 0.25) is 5.95 Å². The topological polar surface area (TPSA) is 112 Å². The van der Waals surface area contributed by atoms with Gasteiger partial charge in [-0.25, -0.2) is 21.8 Å². The summed E-state index contributed by atoms with van der Waals surface area (Å²) in [5.74, 6) is -0.0107. The van der Waals surface area contributed by atoms with E-state index in [1.54, 1.807) is 23.6 Å². The van der Waals surface area contributed by atoms with Gasteiger partial charge in [-0.1, -0.05) is 6.07 Å². The van der Waals surface area contributed by atoms with E-state index in [0.29, 0.717) is 5.52 Å². The number of hydrogen-bond donors (Lipinski definition) is 1. The van der Waals surface area contributed by atoms with Crippen molar-refractivity contribution in [1.29, 1.82) is 0 Å². The van der Waals surface area contributed by atoms with E-state index in [9.17, 15) is 16.8 Å². The first kappa shape index (κ1) is 15.8. The molecule has 2 rings (SSSR count). The number of rotatable bonds is 4. The highest BCUT2D eigenvalue weighted by Gasteiger charge is 2.21. The highest BCUT2D eigenvalue weighted by atomic mass is 32.2. The van der Waals surface area contributed by atoms with Crippen molar-refractivity contribution in [2.75, 3.05) is 24.0 Å². The molecule has 116 valence electrons. The molecule has 0 aliphatic heterocycles. The first-order chi connectivity index (χ1) is 9.50. The zero-order chi connectivity index (χ0) is 16.0. The molecule has 0 saturated carbocycles. The van der Waals surface area contributed by atoms with Crippen LogP contribution in [-0.2, 0) is 19.7 Å². The second kappa shape index (κ2) is 4.99. The Bertz CT molecular complexity index is 898. The molecule has 0 spiro atoms. The number of nitrogens with zero attached hydrogens (tertiary/aromatic N) is 2. The van der Waals surface area contributed by atoms with Crippen LogP contribution >= 0.6 is 0 Å². The summed E-state index contributed by atoms with van der Waals surface area (Å²) in [7, 11) is -6.64. The SMILES string of the molecule is CC(CS(C)(=O)=O)n1c(N)nc2c(S(C)(=O)=O)cccc21. The normalized spacial score (nSPS) is 14.4. The Morgan fingerprint density at radius 1 is 1.24 bits per heavy atom. The van der Waals surface area contributed by atoms with Crippen molar-refractivity contribution in [3.63, 3.8) is 0 Å². The third-order valence-electron chi connectivity index (χ3n) is 3.09. The van der Waals surface area contributed by atoms with Gasteiger partial charge in [-0.15, -0.1) is 0 Å². The minimum Gasteiger partial charge on any atom is -0.369 e. The third-order valence-corrected chi connectivity index (χ3v) is 5.31. The van der Waals surface area contributed by atoms with Crippen LogP contribution < -0.4 is 5.73 Å². The molecule has 0 amide bonds. The molecule has 2 N–H and O–H groups in total. The largest absolute Gasteiger partial charge is 0.369 e. The minimum atomic E-state index is -3.44. The third kappa shape index (κ3) is 3.18. The van der Waals surface area contributed by atoms with Crippen molar-refractivity contribution in [2.45, 2.75) is 17.9 Å². The highest BCUT2D eigenvalue weighted by molar-refractivity contribution is 7.91. The van der Waals surface area contributed by atoms with Gasteiger partial charge in [-0.05, 0) is 19.1 Å². The quantitative estimate of drug-likeness (QED) is 0.879. The molecule has 0 radical (unpaired) electrons. The van der Waals surface area contributed by atoms with Crippen LogP contribution in [-0.4, -0.2) is 44.7 Å². The summed E-state index contributed by atoms with van der Waals surface area (Å²) in [5, 5.41) is 0. The Morgan fingerprint density at radius 2 is 1.86 bits per heavy atom. The molecule has 2 aromatic rings. The molecule has 1 aromatic carbocycles. The highest BCUT2D eigenvalue weighted by Crippen LogP contribution is 2.28. The van der Waals surface area contributed by atoms with Crippen LogP contribution in [0.1, 0.15) is 13.0 Å². The van der Waals surface area contributed by atoms with Crippen molar-refractivity contribution in [1.82, 2.24) is 9.55 Å². The first-order valence-corrected chi connectivity index (χ1v) is 10.1. The Morgan fingerprint density at radius 3 is 2.38 bits per heavy atom. The number of fused-ring (bicyclic) bond motifs is 1. The monoisotopic (exact) mass is 331 g/mol. The summed E-state index contributed by atoms with van der Waals surface area (Å²) in [4.78, 5) is 4.18. The fraction of sp³-hybridized carbons (Fsp3) is 0.417. The zero-order valence-electron chi connectivity index (χ0n) is 11.9. The number of para-hydroxylation sites is 1. The summed E-state index contributed by atoms with van der Waals surface area (Å²) in [6, 6.07) is 4.27. The molecule has 0 aliphatic rings. The average Bonchev–Trinajstić information content (AvgIpc) is 2.60. The lowest BCUT2D eigenvalue weighted by molar-refractivity contribution is 0.571. The van der Waals surface area contributed by atoms with Gasteiger partial charge in [-0.2, -0.15) is 0 Å². The average molecular weight is 331 g/mol. The lowest BCUT2D eigenvalue weighted by atomic mass is 10.3. The van der Waals surface area contributed by atoms with Crippen LogP contribution in [0, 0.1) is 0 Å². The number of sulfone groups is 2. The predicted molar refractivity (Wildman–Crippen MR) is 81.7 cm³/mol. The fourth-order valence-corrected chi connectivity index (χ4v) is 4.24. The molecule has 0 bridgehead atoms. The maximum absolute atomic E-state index is 11.8. The Kier molecular flexibility index (Phi) is 3.75. The predicted octanol–water partition coefficient (Wildman–Crippen LogP) is 0.628. The molecule has 0 saturated heterocycles. The van der Waals surface area contributed by atoms with E-state index in [1.807, 2.05) is 0 Å². The van der Waals surface area contributed by atoms with Gasteiger partial charge in [0.05, 0.1) is 16.2 Å². The number of nitrogens with two attached hydrogens (primary N) is 1. The van der Waals surface area contributed by atoms with Crippen LogP contribution in [0.4, 0.5) is 5.95 Å². The maximum atomic E-state index is 11.8. The molecular formula is C12H17N3O4S2. The van der Waals surface area contributed by atoms with E-state index < -0.39 is 25.7 Å². The fourth-order valence-electron chi connectivity index (χ4n) is 2.38. The van der Waals surface area contributed by atoms with Gasteiger partial charge in [0, 0.05) is 18.6 Å². The van der Waals surface area contributed by atoms with E-state index in [1.165, 1.54) is 6.07 Å². The van der Waals surface area contributed by atoms with Gasteiger partial charge in [0.15, 0.2) is 9.84 Å². The van der Waals surface area contributed by atoms with Crippen molar-refractivity contribution < 1.29 is 16.8 Å². The van der Waals surface area contributed by atoms with Crippen molar-refractivity contribution in [2.24, 2.45) is 0 Å². The number of aromatic nitrogens is 2. The van der Waals surface area contributed by atoms with Crippen LogP contribution in [0.25, 0.3) is 11.0 Å². The van der Waals surface area contributed by atoms with Gasteiger partial charge >= 0.3 is 0 Å². The Labute approximate surface area is 123 Å². The molecule has 1 aromatic heterocycles. The molecule has 7 nitrogen and oxygen atoms in total. The Hall–Kier alpha value is -1.61. The number of imidazole rings is 1. The number of anilines is 1. The van der Waals surface area contributed by atoms with Gasteiger partial charge < -0.3 is 10.3 Å². The summed E-state index contributed by atoms with van der Waals surface area (Å²) in [5.41, 5.74) is 6.62. The molecule has 21 heavy (non-hydrogen) atoms. The maximum Gasteiger partial charge on any atom is 0.201 e. The zero-order valence-corrected chi connectivity index (χ0v) is 13.6.